The first-order valence-corrected chi connectivity index (χ1v) is 9.19. The van der Waals surface area contributed by atoms with Crippen molar-refractivity contribution < 1.29 is 31.1 Å². The van der Waals surface area contributed by atoms with Gasteiger partial charge in [-0.25, -0.2) is 4.68 Å². The molecule has 2 aromatic rings. The van der Waals surface area contributed by atoms with Gasteiger partial charge in [-0.1, -0.05) is 19.3 Å². The van der Waals surface area contributed by atoms with E-state index >= 15 is 0 Å². The lowest BCUT2D eigenvalue weighted by Gasteiger charge is -2.20. The van der Waals surface area contributed by atoms with Gasteiger partial charge in [-0.2, -0.15) is 31.4 Å². The number of amides is 1. The predicted molar refractivity (Wildman–Crippen MR) is 93.4 cm³/mol. The van der Waals surface area contributed by atoms with Gasteiger partial charge in [0.15, 0.2) is 5.69 Å². The highest BCUT2D eigenvalue weighted by atomic mass is 19.4. The van der Waals surface area contributed by atoms with Crippen molar-refractivity contribution in [3.63, 3.8) is 0 Å². The SMILES string of the molecule is O=C(CC1CCCCC1)Nc1ccc(-n2nc(C(F)(F)F)cc2C(F)(F)F)cc1. The third kappa shape index (κ3) is 5.30. The second-order valence-corrected chi connectivity index (χ2v) is 7.13. The Morgan fingerprint density at radius 3 is 2.17 bits per heavy atom. The Kier molecular flexibility index (Phi) is 5.90. The third-order valence-corrected chi connectivity index (χ3v) is 4.88. The van der Waals surface area contributed by atoms with Crippen molar-refractivity contribution in [3.05, 3.63) is 41.7 Å². The number of anilines is 1. The zero-order chi connectivity index (χ0) is 21.2. The maximum atomic E-state index is 13.1. The number of hydrogen-bond acceptors (Lipinski definition) is 2. The van der Waals surface area contributed by atoms with Crippen LogP contribution in [0.3, 0.4) is 0 Å². The number of aromatic nitrogens is 2. The molecular formula is C19H19F6N3O. The van der Waals surface area contributed by atoms with Gasteiger partial charge in [0, 0.05) is 18.2 Å². The summed E-state index contributed by atoms with van der Waals surface area (Å²) in [6, 6.07) is 5.00. The van der Waals surface area contributed by atoms with Gasteiger partial charge in [-0.3, -0.25) is 4.79 Å². The van der Waals surface area contributed by atoms with Crippen molar-refractivity contribution in [2.75, 3.05) is 5.32 Å². The first-order chi connectivity index (χ1) is 13.5. The lowest BCUT2D eigenvalue weighted by atomic mass is 9.87. The summed E-state index contributed by atoms with van der Waals surface area (Å²) in [6.07, 6.45) is -4.30. The Bertz CT molecular complexity index is 848. The average Bonchev–Trinajstić information content (AvgIpc) is 3.09. The summed E-state index contributed by atoms with van der Waals surface area (Å²) in [5, 5.41) is 5.74. The predicted octanol–water partition coefficient (Wildman–Crippen LogP) is 5.82. The van der Waals surface area contributed by atoms with E-state index in [2.05, 4.69) is 10.4 Å². The van der Waals surface area contributed by atoms with E-state index in [1.54, 1.807) is 0 Å². The highest BCUT2D eigenvalue weighted by Gasteiger charge is 2.42. The number of benzene rings is 1. The van der Waals surface area contributed by atoms with Crippen molar-refractivity contribution in [1.29, 1.82) is 0 Å². The number of nitrogens with one attached hydrogen (secondary N) is 1. The fraction of sp³-hybridized carbons (Fsp3) is 0.474. The van der Waals surface area contributed by atoms with E-state index in [-0.39, 0.29) is 22.3 Å². The molecule has 10 heteroatoms. The minimum atomic E-state index is -5.01. The average molecular weight is 419 g/mol. The summed E-state index contributed by atoms with van der Waals surface area (Å²) < 4.78 is 78.0. The molecule has 0 radical (unpaired) electrons. The number of carbonyl (C=O) groups is 1. The highest BCUT2D eigenvalue weighted by molar-refractivity contribution is 5.90. The number of nitrogens with zero attached hydrogens (tertiary/aromatic N) is 2. The second kappa shape index (κ2) is 8.08. The fourth-order valence-corrected chi connectivity index (χ4v) is 3.47. The molecule has 1 heterocycles. The van der Waals surface area contributed by atoms with Crippen molar-refractivity contribution in [2.24, 2.45) is 5.92 Å². The van der Waals surface area contributed by atoms with E-state index in [0.29, 0.717) is 18.0 Å². The number of alkyl halides is 6. The molecule has 1 aliphatic rings. The zero-order valence-electron chi connectivity index (χ0n) is 15.3. The molecule has 1 aromatic carbocycles. The fourth-order valence-electron chi connectivity index (χ4n) is 3.47. The van der Waals surface area contributed by atoms with E-state index in [0.717, 1.165) is 25.7 Å². The van der Waals surface area contributed by atoms with Crippen LogP contribution in [0.2, 0.25) is 0 Å². The normalized spacial score (nSPS) is 16.1. The van der Waals surface area contributed by atoms with Gasteiger partial charge >= 0.3 is 12.4 Å². The van der Waals surface area contributed by atoms with Crippen molar-refractivity contribution in [3.8, 4) is 5.69 Å². The monoisotopic (exact) mass is 419 g/mol. The van der Waals surface area contributed by atoms with Crippen molar-refractivity contribution in [1.82, 2.24) is 9.78 Å². The summed E-state index contributed by atoms with van der Waals surface area (Å²) >= 11 is 0. The zero-order valence-corrected chi connectivity index (χ0v) is 15.3. The van der Waals surface area contributed by atoms with E-state index in [1.165, 1.54) is 30.7 Å². The number of carbonyl (C=O) groups excluding carboxylic acids is 1. The van der Waals surface area contributed by atoms with Crippen LogP contribution in [0.5, 0.6) is 0 Å². The van der Waals surface area contributed by atoms with Gasteiger partial charge in [0.1, 0.15) is 5.69 Å². The molecule has 0 atom stereocenters. The summed E-state index contributed by atoms with van der Waals surface area (Å²) in [5.74, 6) is 0.126. The van der Waals surface area contributed by atoms with E-state index in [1.807, 2.05) is 0 Å². The Hall–Kier alpha value is -2.52. The Balaban J connectivity index is 1.76. The summed E-state index contributed by atoms with van der Waals surface area (Å²) in [4.78, 5) is 12.1. The largest absolute Gasteiger partial charge is 0.435 e. The molecule has 3 rings (SSSR count). The Morgan fingerprint density at radius 1 is 1.00 bits per heavy atom. The van der Waals surface area contributed by atoms with Crippen LogP contribution in [-0.4, -0.2) is 15.7 Å². The molecule has 0 unspecified atom stereocenters. The Morgan fingerprint density at radius 2 is 1.62 bits per heavy atom. The van der Waals surface area contributed by atoms with Crippen LogP contribution in [0.4, 0.5) is 32.0 Å². The third-order valence-electron chi connectivity index (χ3n) is 4.88. The first kappa shape index (κ1) is 21.2. The van der Waals surface area contributed by atoms with Crippen LogP contribution >= 0.6 is 0 Å². The van der Waals surface area contributed by atoms with E-state index in [9.17, 15) is 31.1 Å². The van der Waals surface area contributed by atoms with Crippen molar-refractivity contribution >= 4 is 11.6 Å². The number of hydrogen-bond donors (Lipinski definition) is 1. The van der Waals surface area contributed by atoms with Gasteiger partial charge < -0.3 is 5.32 Å². The minimum Gasteiger partial charge on any atom is -0.326 e. The van der Waals surface area contributed by atoms with E-state index in [4.69, 9.17) is 0 Å². The maximum absolute atomic E-state index is 13.1. The quantitative estimate of drug-likeness (QED) is 0.635. The van der Waals surface area contributed by atoms with Gasteiger partial charge in [-0.15, -0.1) is 0 Å². The molecule has 1 amide bonds. The smallest absolute Gasteiger partial charge is 0.326 e. The highest BCUT2D eigenvalue weighted by Crippen LogP contribution is 2.36. The van der Waals surface area contributed by atoms with Crippen LogP contribution in [0.15, 0.2) is 30.3 Å². The van der Waals surface area contributed by atoms with Crippen LogP contribution in [0.25, 0.3) is 5.69 Å². The lowest BCUT2D eigenvalue weighted by molar-refractivity contribution is -0.143. The second-order valence-electron chi connectivity index (χ2n) is 7.13. The molecule has 0 spiro atoms. The number of rotatable bonds is 4. The van der Waals surface area contributed by atoms with Gasteiger partial charge in [0.25, 0.3) is 0 Å². The molecule has 0 aliphatic heterocycles. The minimum absolute atomic E-state index is 0.0279. The molecule has 0 saturated heterocycles. The van der Waals surface area contributed by atoms with Gasteiger partial charge in [-0.05, 0) is 43.0 Å². The van der Waals surface area contributed by atoms with Crippen LogP contribution in [0, 0.1) is 5.92 Å². The molecule has 1 fully saturated rings. The Labute approximate surface area is 162 Å². The maximum Gasteiger partial charge on any atom is 0.435 e. The molecule has 1 aliphatic carbocycles. The molecule has 1 saturated carbocycles. The molecule has 1 aromatic heterocycles. The molecule has 1 N–H and O–H groups in total. The summed E-state index contributed by atoms with van der Waals surface area (Å²) in [7, 11) is 0. The van der Waals surface area contributed by atoms with Gasteiger partial charge in [0.05, 0.1) is 5.69 Å². The van der Waals surface area contributed by atoms with Crippen LogP contribution in [-0.2, 0) is 17.1 Å². The van der Waals surface area contributed by atoms with E-state index < -0.39 is 23.7 Å². The summed E-state index contributed by atoms with van der Waals surface area (Å²) in [5.41, 5.74) is -3.00. The van der Waals surface area contributed by atoms with Crippen LogP contribution in [0.1, 0.15) is 49.9 Å². The molecule has 29 heavy (non-hydrogen) atoms. The van der Waals surface area contributed by atoms with Crippen molar-refractivity contribution in [2.45, 2.75) is 50.9 Å². The summed E-state index contributed by atoms with van der Waals surface area (Å²) in [6.45, 7) is 0. The first-order valence-electron chi connectivity index (χ1n) is 9.19. The molecule has 4 nitrogen and oxygen atoms in total. The molecule has 0 bridgehead atoms. The lowest BCUT2D eigenvalue weighted by Crippen LogP contribution is -2.18. The standard InChI is InChI=1S/C19H19F6N3O/c20-18(21,22)15-11-16(19(23,24)25)28(27-15)14-8-6-13(7-9-14)26-17(29)10-12-4-2-1-3-5-12/h6-9,11-12H,1-5,10H2,(H,26,29). The van der Waals surface area contributed by atoms with Crippen LogP contribution < -0.4 is 5.32 Å². The molecular weight excluding hydrogens is 400 g/mol. The topological polar surface area (TPSA) is 46.9 Å². The molecule has 158 valence electrons. The number of halogens is 6. The van der Waals surface area contributed by atoms with Gasteiger partial charge in [0.2, 0.25) is 5.91 Å².